The number of carbonyl (C=O) groups excluding carboxylic acids is 1. The number of rotatable bonds is 3. The molecule has 2 aromatic rings. The number of nitrogens with zero attached hydrogens (tertiary/aromatic N) is 1. The van der Waals surface area contributed by atoms with Crippen LogP contribution < -0.4 is 10.6 Å². The molecular weight excluding hydrogens is 367 g/mol. The molecule has 1 unspecified atom stereocenters. The molecule has 3 heterocycles. The number of H-pyrrole nitrogens is 1. The van der Waals surface area contributed by atoms with Crippen molar-refractivity contribution in [3.63, 3.8) is 0 Å². The number of hydrogen-bond acceptors (Lipinski definition) is 5. The predicted molar refractivity (Wildman–Crippen MR) is 99.8 cm³/mol. The first kappa shape index (κ1) is 19.9. The van der Waals surface area contributed by atoms with Crippen LogP contribution in [0.4, 0.5) is 5.69 Å². The van der Waals surface area contributed by atoms with Crippen LogP contribution in [0.5, 0.6) is 0 Å². The average Bonchev–Trinajstić information content (AvgIpc) is 3.24. The molecule has 0 spiro atoms. The Bertz CT molecular complexity index is 712. The van der Waals surface area contributed by atoms with Gasteiger partial charge in [0.1, 0.15) is 18.0 Å². The van der Waals surface area contributed by atoms with Crippen LogP contribution in [0, 0.1) is 0 Å². The van der Waals surface area contributed by atoms with Crippen LogP contribution >= 0.6 is 24.8 Å². The molecule has 2 fully saturated rings. The fourth-order valence-corrected chi connectivity index (χ4v) is 3.01. The topological polar surface area (TPSA) is 88.3 Å². The molecule has 1 amide bonds. The fourth-order valence-electron chi connectivity index (χ4n) is 3.01. The van der Waals surface area contributed by atoms with Gasteiger partial charge in [0.25, 0.3) is 5.91 Å². The second kappa shape index (κ2) is 8.82. The zero-order valence-electron chi connectivity index (χ0n) is 13.6. The smallest absolute Gasteiger partial charge is 0.254 e. The molecule has 9 heteroatoms. The maximum atomic E-state index is 12.2. The van der Waals surface area contributed by atoms with Crippen LogP contribution in [-0.2, 0) is 14.3 Å². The lowest BCUT2D eigenvalue weighted by molar-refractivity contribution is -0.128. The van der Waals surface area contributed by atoms with Gasteiger partial charge in [-0.05, 0) is 31.0 Å². The number of aromatic amines is 1. The number of imidazole rings is 1. The largest absolute Gasteiger partial charge is 0.370 e. The number of carbonyl (C=O) groups is 1. The highest BCUT2D eigenvalue weighted by Gasteiger charge is 2.23. The summed E-state index contributed by atoms with van der Waals surface area (Å²) in [6.45, 7) is 2.68. The van der Waals surface area contributed by atoms with Gasteiger partial charge in [-0.2, -0.15) is 0 Å². The Balaban J connectivity index is 0.00000113. The van der Waals surface area contributed by atoms with E-state index in [1.54, 1.807) is 0 Å². The van der Waals surface area contributed by atoms with Crippen molar-refractivity contribution in [3.8, 4) is 0 Å². The number of anilines is 1. The van der Waals surface area contributed by atoms with Gasteiger partial charge < -0.3 is 25.1 Å². The lowest BCUT2D eigenvalue weighted by Gasteiger charge is -2.22. The molecule has 25 heavy (non-hydrogen) atoms. The molecule has 0 saturated carbocycles. The third-order valence-electron chi connectivity index (χ3n) is 4.22. The number of hydrogen-bond donors (Lipinski definition) is 3. The average molecular weight is 389 g/mol. The molecule has 2 aliphatic rings. The molecule has 3 N–H and O–H groups in total. The van der Waals surface area contributed by atoms with Gasteiger partial charge in [0.2, 0.25) is 0 Å². The van der Waals surface area contributed by atoms with Crippen molar-refractivity contribution < 1.29 is 14.3 Å². The lowest BCUT2D eigenvalue weighted by atomic mass is 10.2. The molecule has 0 bridgehead atoms. The first-order valence-electron chi connectivity index (χ1n) is 8.04. The van der Waals surface area contributed by atoms with Crippen molar-refractivity contribution in [1.82, 2.24) is 15.3 Å². The molecule has 138 valence electrons. The van der Waals surface area contributed by atoms with Gasteiger partial charge in [0.15, 0.2) is 0 Å². The molecule has 1 aromatic heterocycles. The van der Waals surface area contributed by atoms with Crippen LogP contribution in [0.15, 0.2) is 18.2 Å². The summed E-state index contributed by atoms with van der Waals surface area (Å²) in [5.74, 6) is 0.733. The quantitative estimate of drug-likeness (QED) is 0.749. The number of fused-ring (bicyclic) bond motifs is 1. The van der Waals surface area contributed by atoms with E-state index in [-0.39, 0.29) is 36.8 Å². The van der Waals surface area contributed by atoms with Gasteiger partial charge in [0, 0.05) is 25.4 Å². The second-order valence-electron chi connectivity index (χ2n) is 5.91. The van der Waals surface area contributed by atoms with Crippen molar-refractivity contribution in [2.24, 2.45) is 0 Å². The number of ether oxygens (including phenoxy) is 2. The summed E-state index contributed by atoms with van der Waals surface area (Å²) in [4.78, 5) is 20.1. The number of amides is 1. The van der Waals surface area contributed by atoms with E-state index in [0.717, 1.165) is 48.5 Å². The summed E-state index contributed by atoms with van der Waals surface area (Å²) in [5.41, 5.74) is 2.51. The van der Waals surface area contributed by atoms with Crippen molar-refractivity contribution in [1.29, 1.82) is 0 Å². The minimum Gasteiger partial charge on any atom is -0.370 e. The molecule has 2 aliphatic heterocycles. The summed E-state index contributed by atoms with van der Waals surface area (Å²) in [7, 11) is 0. The van der Waals surface area contributed by atoms with Crippen LogP contribution in [0.2, 0.25) is 0 Å². The number of halogens is 2. The highest BCUT2D eigenvalue weighted by Crippen LogP contribution is 2.28. The second-order valence-corrected chi connectivity index (χ2v) is 5.91. The molecule has 0 aliphatic carbocycles. The normalized spacial score (nSPS) is 22.9. The Labute approximate surface area is 158 Å². The molecule has 7 nitrogen and oxygen atoms in total. The summed E-state index contributed by atoms with van der Waals surface area (Å²) in [5, 5.41) is 6.05. The molecule has 2 atom stereocenters. The minimum atomic E-state index is -0.441. The molecule has 2 saturated heterocycles. The maximum Gasteiger partial charge on any atom is 0.254 e. The van der Waals surface area contributed by atoms with E-state index in [1.165, 1.54) is 0 Å². The lowest BCUT2D eigenvalue weighted by Crippen LogP contribution is -2.45. The van der Waals surface area contributed by atoms with Gasteiger partial charge in [-0.1, -0.05) is 0 Å². The SMILES string of the molecule is Cl.Cl.O=C(Nc1ccc2nc(C3CCCO3)[nH]c2c1)[C@H]1CNCCO1. The summed E-state index contributed by atoms with van der Waals surface area (Å²) in [6.07, 6.45) is 1.68. The van der Waals surface area contributed by atoms with Crippen molar-refractivity contribution in [2.75, 3.05) is 31.6 Å². The summed E-state index contributed by atoms with van der Waals surface area (Å²) < 4.78 is 11.1. The fraction of sp³-hybridized carbons (Fsp3) is 0.500. The van der Waals surface area contributed by atoms with E-state index in [9.17, 15) is 4.79 Å². The third kappa shape index (κ3) is 4.43. The Kier molecular flexibility index (Phi) is 7.04. The zero-order valence-corrected chi connectivity index (χ0v) is 15.3. The molecule has 0 radical (unpaired) electrons. The third-order valence-corrected chi connectivity index (χ3v) is 4.22. The van der Waals surface area contributed by atoms with E-state index in [0.29, 0.717) is 13.2 Å². The van der Waals surface area contributed by atoms with Crippen LogP contribution in [0.25, 0.3) is 11.0 Å². The first-order valence-corrected chi connectivity index (χ1v) is 8.04. The summed E-state index contributed by atoms with van der Waals surface area (Å²) in [6, 6.07) is 5.66. The van der Waals surface area contributed by atoms with Gasteiger partial charge in [-0.25, -0.2) is 4.98 Å². The van der Waals surface area contributed by atoms with Crippen molar-refractivity contribution in [2.45, 2.75) is 25.0 Å². The standard InChI is InChI=1S/C16H20N4O3.2ClH/c21-16(14-9-17-5-7-23-14)18-10-3-4-11-12(8-10)20-15(19-11)13-2-1-6-22-13;;/h3-4,8,13-14,17H,1-2,5-7,9H2,(H,18,21)(H,19,20);2*1H/t13?,14-;;/m1../s1. The number of aromatic nitrogens is 2. The molecular formula is C16H22Cl2N4O3. The van der Waals surface area contributed by atoms with Crippen LogP contribution in [-0.4, -0.2) is 48.3 Å². The molecule has 4 rings (SSSR count). The number of benzene rings is 1. The van der Waals surface area contributed by atoms with Gasteiger partial charge in [0.05, 0.1) is 17.6 Å². The van der Waals surface area contributed by atoms with Crippen LogP contribution in [0.1, 0.15) is 24.8 Å². The van der Waals surface area contributed by atoms with E-state index < -0.39 is 6.10 Å². The Morgan fingerprint density at radius 3 is 2.84 bits per heavy atom. The monoisotopic (exact) mass is 388 g/mol. The van der Waals surface area contributed by atoms with Gasteiger partial charge >= 0.3 is 0 Å². The van der Waals surface area contributed by atoms with Crippen molar-refractivity contribution >= 4 is 47.4 Å². The molecule has 1 aromatic carbocycles. The highest BCUT2D eigenvalue weighted by molar-refractivity contribution is 5.96. The predicted octanol–water partition coefficient (Wildman–Crippen LogP) is 2.18. The summed E-state index contributed by atoms with van der Waals surface area (Å²) >= 11 is 0. The van der Waals surface area contributed by atoms with E-state index >= 15 is 0 Å². The van der Waals surface area contributed by atoms with E-state index in [2.05, 4.69) is 20.6 Å². The first-order chi connectivity index (χ1) is 11.3. The number of morpholine rings is 1. The number of nitrogens with one attached hydrogen (secondary N) is 3. The Morgan fingerprint density at radius 1 is 1.24 bits per heavy atom. The minimum absolute atomic E-state index is 0. The van der Waals surface area contributed by atoms with E-state index in [1.807, 2.05) is 18.2 Å². The maximum absolute atomic E-state index is 12.2. The zero-order chi connectivity index (χ0) is 15.6. The Hall–Kier alpha value is -1.38. The van der Waals surface area contributed by atoms with Gasteiger partial charge in [-0.15, -0.1) is 24.8 Å². The highest BCUT2D eigenvalue weighted by atomic mass is 35.5. The van der Waals surface area contributed by atoms with E-state index in [4.69, 9.17) is 9.47 Å². The van der Waals surface area contributed by atoms with Crippen molar-refractivity contribution in [3.05, 3.63) is 24.0 Å². The Morgan fingerprint density at radius 2 is 2.12 bits per heavy atom. The van der Waals surface area contributed by atoms with Crippen LogP contribution in [0.3, 0.4) is 0 Å². The van der Waals surface area contributed by atoms with Gasteiger partial charge in [-0.3, -0.25) is 4.79 Å².